The van der Waals surface area contributed by atoms with Gasteiger partial charge in [0.25, 0.3) is 0 Å². The molecule has 1 heterocycles. The zero-order chi connectivity index (χ0) is 13.4. The highest BCUT2D eigenvalue weighted by Crippen LogP contribution is 2.29. The lowest BCUT2D eigenvalue weighted by Crippen LogP contribution is -2.03. The molecule has 18 heavy (non-hydrogen) atoms. The Morgan fingerprint density at radius 3 is 2.50 bits per heavy atom. The second-order valence-corrected chi connectivity index (χ2v) is 4.54. The number of aromatic carboxylic acids is 1. The standard InChI is InChI=1S/C14H16N2O2/c1-8-5-6-11(10(3)9(8)2)13-12(14(17)18)15-7-16(13)4/h5-7H,1-4H3,(H,17,18). The van der Waals surface area contributed by atoms with Gasteiger partial charge < -0.3 is 9.67 Å². The third-order valence-corrected chi connectivity index (χ3v) is 3.45. The fourth-order valence-corrected chi connectivity index (χ4v) is 2.12. The summed E-state index contributed by atoms with van der Waals surface area (Å²) in [6.07, 6.45) is 1.54. The molecule has 2 rings (SSSR count). The van der Waals surface area contributed by atoms with E-state index in [4.69, 9.17) is 0 Å². The van der Waals surface area contributed by atoms with E-state index < -0.39 is 5.97 Å². The lowest BCUT2D eigenvalue weighted by Gasteiger charge is -2.12. The number of aromatic nitrogens is 2. The van der Waals surface area contributed by atoms with Crippen molar-refractivity contribution < 1.29 is 9.90 Å². The molecule has 0 saturated carbocycles. The summed E-state index contributed by atoms with van der Waals surface area (Å²) in [6, 6.07) is 3.97. The number of nitrogens with zero attached hydrogens (tertiary/aromatic N) is 2. The first kappa shape index (κ1) is 12.4. The van der Waals surface area contributed by atoms with E-state index in [-0.39, 0.29) is 5.69 Å². The Hall–Kier alpha value is -2.10. The van der Waals surface area contributed by atoms with Crippen LogP contribution >= 0.6 is 0 Å². The monoisotopic (exact) mass is 244 g/mol. The number of imidazole rings is 1. The minimum Gasteiger partial charge on any atom is -0.476 e. The highest BCUT2D eigenvalue weighted by atomic mass is 16.4. The second kappa shape index (κ2) is 4.29. The highest BCUT2D eigenvalue weighted by Gasteiger charge is 2.19. The summed E-state index contributed by atoms with van der Waals surface area (Å²) in [4.78, 5) is 15.1. The topological polar surface area (TPSA) is 55.1 Å². The predicted molar refractivity (Wildman–Crippen MR) is 69.8 cm³/mol. The average molecular weight is 244 g/mol. The quantitative estimate of drug-likeness (QED) is 0.883. The first-order chi connectivity index (χ1) is 8.43. The van der Waals surface area contributed by atoms with Crippen LogP contribution in [-0.2, 0) is 7.05 Å². The average Bonchev–Trinajstić information content (AvgIpc) is 2.69. The highest BCUT2D eigenvalue weighted by molar-refractivity contribution is 5.93. The summed E-state index contributed by atoms with van der Waals surface area (Å²) in [5.74, 6) is -0.997. The lowest BCUT2D eigenvalue weighted by molar-refractivity contribution is 0.0692. The summed E-state index contributed by atoms with van der Waals surface area (Å²) in [7, 11) is 1.81. The molecule has 1 aromatic heterocycles. The summed E-state index contributed by atoms with van der Waals surface area (Å²) < 4.78 is 1.75. The molecule has 1 aromatic carbocycles. The van der Waals surface area contributed by atoms with Crippen LogP contribution in [0.3, 0.4) is 0 Å². The SMILES string of the molecule is Cc1ccc(-c2c(C(=O)O)ncn2C)c(C)c1C. The molecule has 0 aliphatic rings. The van der Waals surface area contributed by atoms with Crippen molar-refractivity contribution in [1.29, 1.82) is 0 Å². The number of rotatable bonds is 2. The van der Waals surface area contributed by atoms with Gasteiger partial charge in [-0.1, -0.05) is 12.1 Å². The molecule has 0 spiro atoms. The molecular formula is C14H16N2O2. The number of carboxylic acid groups (broad SMARTS) is 1. The maximum absolute atomic E-state index is 11.2. The van der Waals surface area contributed by atoms with Crippen molar-refractivity contribution >= 4 is 5.97 Å². The van der Waals surface area contributed by atoms with E-state index >= 15 is 0 Å². The van der Waals surface area contributed by atoms with Crippen molar-refractivity contribution in [1.82, 2.24) is 9.55 Å². The summed E-state index contributed by atoms with van der Waals surface area (Å²) in [6.45, 7) is 6.11. The zero-order valence-corrected chi connectivity index (χ0v) is 11.0. The normalized spacial score (nSPS) is 10.7. The molecule has 0 bridgehead atoms. The lowest BCUT2D eigenvalue weighted by atomic mass is 9.96. The minimum absolute atomic E-state index is 0.101. The van der Waals surface area contributed by atoms with Crippen LogP contribution in [-0.4, -0.2) is 20.6 Å². The molecule has 0 radical (unpaired) electrons. The van der Waals surface area contributed by atoms with E-state index in [0.717, 1.165) is 11.1 Å². The Kier molecular flexibility index (Phi) is 2.95. The van der Waals surface area contributed by atoms with Crippen LogP contribution in [0.25, 0.3) is 11.3 Å². The van der Waals surface area contributed by atoms with Gasteiger partial charge in [0.1, 0.15) is 0 Å². The molecule has 4 heteroatoms. The van der Waals surface area contributed by atoms with Crippen LogP contribution in [0, 0.1) is 20.8 Å². The number of aryl methyl sites for hydroxylation is 2. The Bertz CT molecular complexity index is 627. The van der Waals surface area contributed by atoms with Gasteiger partial charge in [-0.2, -0.15) is 0 Å². The predicted octanol–water partition coefficient (Wildman–Crippen LogP) is 2.71. The van der Waals surface area contributed by atoms with E-state index in [1.54, 1.807) is 4.57 Å². The van der Waals surface area contributed by atoms with Gasteiger partial charge in [-0.05, 0) is 37.5 Å². The van der Waals surface area contributed by atoms with E-state index in [0.29, 0.717) is 5.69 Å². The maximum atomic E-state index is 11.2. The van der Waals surface area contributed by atoms with Crippen molar-refractivity contribution in [3.05, 3.63) is 40.8 Å². The number of hydrogen-bond acceptors (Lipinski definition) is 2. The second-order valence-electron chi connectivity index (χ2n) is 4.54. The molecule has 0 unspecified atom stereocenters. The number of carbonyl (C=O) groups is 1. The van der Waals surface area contributed by atoms with Crippen molar-refractivity contribution in [3.63, 3.8) is 0 Å². The van der Waals surface area contributed by atoms with Crippen molar-refractivity contribution in [2.45, 2.75) is 20.8 Å². The molecular weight excluding hydrogens is 228 g/mol. The number of carboxylic acids is 1. The Morgan fingerprint density at radius 2 is 1.89 bits per heavy atom. The van der Waals surface area contributed by atoms with Crippen LogP contribution in [0.15, 0.2) is 18.5 Å². The minimum atomic E-state index is -0.997. The van der Waals surface area contributed by atoms with E-state index in [2.05, 4.69) is 4.98 Å². The zero-order valence-electron chi connectivity index (χ0n) is 11.0. The van der Waals surface area contributed by atoms with Gasteiger partial charge in [0.2, 0.25) is 0 Å². The van der Waals surface area contributed by atoms with E-state index in [1.165, 1.54) is 17.5 Å². The van der Waals surface area contributed by atoms with Crippen molar-refractivity contribution in [2.75, 3.05) is 0 Å². The summed E-state index contributed by atoms with van der Waals surface area (Å²) >= 11 is 0. The number of hydrogen-bond donors (Lipinski definition) is 1. The first-order valence-electron chi connectivity index (χ1n) is 5.75. The van der Waals surface area contributed by atoms with Gasteiger partial charge in [0.15, 0.2) is 5.69 Å². The third kappa shape index (κ3) is 1.79. The third-order valence-electron chi connectivity index (χ3n) is 3.45. The maximum Gasteiger partial charge on any atom is 0.356 e. The van der Waals surface area contributed by atoms with Crippen LogP contribution in [0.5, 0.6) is 0 Å². The fourth-order valence-electron chi connectivity index (χ4n) is 2.12. The molecule has 1 N–H and O–H groups in total. The largest absolute Gasteiger partial charge is 0.476 e. The molecule has 0 fully saturated rings. The molecule has 0 amide bonds. The number of benzene rings is 1. The fraction of sp³-hybridized carbons (Fsp3) is 0.286. The van der Waals surface area contributed by atoms with Crippen LogP contribution < -0.4 is 0 Å². The Balaban J connectivity index is 2.73. The Morgan fingerprint density at radius 1 is 1.22 bits per heavy atom. The molecule has 0 atom stereocenters. The molecule has 0 aliphatic heterocycles. The Labute approximate surface area is 106 Å². The summed E-state index contributed by atoms with van der Waals surface area (Å²) in [5.41, 5.74) is 5.17. The van der Waals surface area contributed by atoms with E-state index in [9.17, 15) is 9.90 Å². The summed E-state index contributed by atoms with van der Waals surface area (Å²) in [5, 5.41) is 9.18. The van der Waals surface area contributed by atoms with Gasteiger partial charge in [-0.3, -0.25) is 0 Å². The van der Waals surface area contributed by atoms with Gasteiger partial charge >= 0.3 is 5.97 Å². The van der Waals surface area contributed by atoms with Crippen LogP contribution in [0.1, 0.15) is 27.2 Å². The first-order valence-corrected chi connectivity index (χ1v) is 5.75. The van der Waals surface area contributed by atoms with Crippen molar-refractivity contribution in [3.8, 4) is 11.3 Å². The molecule has 94 valence electrons. The molecule has 0 saturated heterocycles. The van der Waals surface area contributed by atoms with E-state index in [1.807, 2.05) is 40.0 Å². The van der Waals surface area contributed by atoms with Crippen LogP contribution in [0.2, 0.25) is 0 Å². The van der Waals surface area contributed by atoms with Gasteiger partial charge in [-0.25, -0.2) is 9.78 Å². The van der Waals surface area contributed by atoms with Crippen molar-refractivity contribution in [2.24, 2.45) is 7.05 Å². The van der Waals surface area contributed by atoms with Gasteiger partial charge in [0.05, 0.1) is 12.0 Å². The molecule has 0 aliphatic carbocycles. The van der Waals surface area contributed by atoms with Crippen LogP contribution in [0.4, 0.5) is 0 Å². The molecule has 4 nitrogen and oxygen atoms in total. The van der Waals surface area contributed by atoms with Gasteiger partial charge in [-0.15, -0.1) is 0 Å². The van der Waals surface area contributed by atoms with Gasteiger partial charge in [0, 0.05) is 12.6 Å². The smallest absolute Gasteiger partial charge is 0.356 e. The molecule has 2 aromatic rings.